The predicted molar refractivity (Wildman–Crippen MR) is 86.6 cm³/mol. The second-order valence-electron chi connectivity index (χ2n) is 5.78. The molecule has 110 valence electrons. The van der Waals surface area contributed by atoms with Crippen LogP contribution in [0.3, 0.4) is 0 Å². The van der Waals surface area contributed by atoms with Gasteiger partial charge in [0.05, 0.1) is 0 Å². The summed E-state index contributed by atoms with van der Waals surface area (Å²) in [4.78, 5) is 13.7. The van der Waals surface area contributed by atoms with Crippen LogP contribution in [-0.4, -0.2) is 11.4 Å². The minimum Gasteiger partial charge on any atom is -0.348 e. The Labute approximate surface area is 128 Å². The number of hydrogen-bond donors (Lipinski definition) is 1. The SMILES string of the molecule is CC(C)(C)NC(=O)/C=C/c1ccc(-c2ccc(F)cc2)s1. The summed E-state index contributed by atoms with van der Waals surface area (Å²) in [5, 5.41) is 2.87. The quantitative estimate of drug-likeness (QED) is 0.832. The van der Waals surface area contributed by atoms with Crippen LogP contribution in [0.15, 0.2) is 42.5 Å². The van der Waals surface area contributed by atoms with Crippen LogP contribution in [0.4, 0.5) is 4.39 Å². The van der Waals surface area contributed by atoms with Crippen LogP contribution in [0, 0.1) is 5.82 Å². The zero-order valence-corrected chi connectivity index (χ0v) is 13.1. The fourth-order valence-electron chi connectivity index (χ4n) is 1.78. The molecule has 0 aliphatic carbocycles. The normalized spacial score (nSPS) is 11.8. The molecule has 0 saturated carbocycles. The van der Waals surface area contributed by atoms with Gasteiger partial charge in [-0.2, -0.15) is 0 Å². The molecule has 0 aliphatic rings. The van der Waals surface area contributed by atoms with E-state index in [0.29, 0.717) is 0 Å². The summed E-state index contributed by atoms with van der Waals surface area (Å²) in [7, 11) is 0. The second kappa shape index (κ2) is 6.22. The van der Waals surface area contributed by atoms with E-state index < -0.39 is 0 Å². The average molecular weight is 303 g/mol. The van der Waals surface area contributed by atoms with Gasteiger partial charge in [0.2, 0.25) is 5.91 Å². The van der Waals surface area contributed by atoms with Gasteiger partial charge in [0, 0.05) is 21.4 Å². The first kappa shape index (κ1) is 15.4. The van der Waals surface area contributed by atoms with E-state index in [4.69, 9.17) is 0 Å². The highest BCUT2D eigenvalue weighted by Crippen LogP contribution is 2.28. The zero-order chi connectivity index (χ0) is 15.5. The standard InChI is InChI=1S/C17H18FNOS/c1-17(2,3)19-16(20)11-9-14-8-10-15(21-14)12-4-6-13(18)7-5-12/h4-11H,1-3H3,(H,19,20)/b11-9+. The fraction of sp³-hybridized carbons (Fsp3) is 0.235. The Morgan fingerprint density at radius 3 is 2.43 bits per heavy atom. The van der Waals surface area contributed by atoms with Crippen LogP contribution in [0.5, 0.6) is 0 Å². The topological polar surface area (TPSA) is 29.1 Å². The molecule has 1 heterocycles. The van der Waals surface area contributed by atoms with Crippen LogP contribution in [0.1, 0.15) is 25.6 Å². The summed E-state index contributed by atoms with van der Waals surface area (Å²) in [6.07, 6.45) is 3.32. The van der Waals surface area contributed by atoms with Crippen molar-refractivity contribution in [3.05, 3.63) is 53.2 Å². The molecule has 2 rings (SSSR count). The van der Waals surface area contributed by atoms with E-state index in [1.165, 1.54) is 18.2 Å². The number of amides is 1. The van der Waals surface area contributed by atoms with Gasteiger partial charge >= 0.3 is 0 Å². The second-order valence-corrected chi connectivity index (χ2v) is 6.90. The lowest BCUT2D eigenvalue weighted by atomic mass is 10.1. The molecule has 1 amide bonds. The van der Waals surface area contributed by atoms with Gasteiger partial charge in [-0.15, -0.1) is 11.3 Å². The molecule has 1 aromatic heterocycles. The van der Waals surface area contributed by atoms with E-state index in [-0.39, 0.29) is 17.3 Å². The highest BCUT2D eigenvalue weighted by atomic mass is 32.1. The molecule has 0 unspecified atom stereocenters. The summed E-state index contributed by atoms with van der Waals surface area (Å²) >= 11 is 1.56. The molecule has 1 aromatic carbocycles. The molecule has 4 heteroatoms. The third kappa shape index (κ3) is 4.83. The Morgan fingerprint density at radius 1 is 1.14 bits per heavy atom. The van der Waals surface area contributed by atoms with Gasteiger partial charge in [-0.25, -0.2) is 4.39 Å². The molecule has 0 aliphatic heterocycles. The van der Waals surface area contributed by atoms with E-state index in [9.17, 15) is 9.18 Å². The number of carbonyl (C=O) groups excluding carboxylic acids is 1. The van der Waals surface area contributed by atoms with Crippen LogP contribution < -0.4 is 5.32 Å². The van der Waals surface area contributed by atoms with E-state index in [1.807, 2.05) is 32.9 Å². The third-order valence-electron chi connectivity index (χ3n) is 2.65. The summed E-state index contributed by atoms with van der Waals surface area (Å²) in [6.45, 7) is 5.82. The lowest BCUT2D eigenvalue weighted by Gasteiger charge is -2.18. The molecule has 2 aromatic rings. The number of rotatable bonds is 3. The monoisotopic (exact) mass is 303 g/mol. The maximum atomic E-state index is 12.9. The Balaban J connectivity index is 2.06. The molecule has 21 heavy (non-hydrogen) atoms. The first-order chi connectivity index (χ1) is 9.83. The molecule has 0 radical (unpaired) electrons. The molecule has 0 fully saturated rings. The predicted octanol–water partition coefficient (Wildman–Crippen LogP) is 4.48. The van der Waals surface area contributed by atoms with Crippen LogP contribution in [0.2, 0.25) is 0 Å². The van der Waals surface area contributed by atoms with Crippen LogP contribution >= 0.6 is 11.3 Å². The van der Waals surface area contributed by atoms with E-state index >= 15 is 0 Å². The van der Waals surface area contributed by atoms with Gasteiger partial charge in [-0.1, -0.05) is 12.1 Å². The maximum absolute atomic E-state index is 12.9. The number of halogens is 1. The number of benzene rings is 1. The summed E-state index contributed by atoms with van der Waals surface area (Å²) in [5.41, 5.74) is 0.732. The Hall–Kier alpha value is -1.94. The lowest BCUT2D eigenvalue weighted by molar-refractivity contribution is -0.117. The first-order valence-corrected chi connectivity index (χ1v) is 7.51. The van der Waals surface area contributed by atoms with E-state index in [1.54, 1.807) is 29.5 Å². The van der Waals surface area contributed by atoms with Gasteiger partial charge in [0.25, 0.3) is 0 Å². The molecule has 0 saturated heterocycles. The minimum absolute atomic E-state index is 0.112. The van der Waals surface area contributed by atoms with Crippen molar-refractivity contribution in [2.45, 2.75) is 26.3 Å². The number of carbonyl (C=O) groups is 1. The molecular weight excluding hydrogens is 285 g/mol. The number of nitrogens with one attached hydrogen (secondary N) is 1. The lowest BCUT2D eigenvalue weighted by Crippen LogP contribution is -2.39. The Bertz CT molecular complexity index is 650. The van der Waals surface area contributed by atoms with Crippen molar-refractivity contribution in [1.82, 2.24) is 5.32 Å². The summed E-state index contributed by atoms with van der Waals surface area (Å²) in [5.74, 6) is -0.353. The number of hydrogen-bond acceptors (Lipinski definition) is 2. The van der Waals surface area contributed by atoms with E-state index in [0.717, 1.165) is 15.3 Å². The summed E-state index contributed by atoms with van der Waals surface area (Å²) in [6, 6.07) is 10.3. The summed E-state index contributed by atoms with van der Waals surface area (Å²) < 4.78 is 12.9. The van der Waals surface area contributed by atoms with Crippen LogP contribution in [0.25, 0.3) is 16.5 Å². The smallest absolute Gasteiger partial charge is 0.244 e. The molecule has 0 bridgehead atoms. The molecule has 1 N–H and O–H groups in total. The Kier molecular flexibility index (Phi) is 4.58. The van der Waals surface area contributed by atoms with Gasteiger partial charge in [0.15, 0.2) is 0 Å². The molecular formula is C17H18FNOS. The van der Waals surface area contributed by atoms with Crippen molar-refractivity contribution in [2.75, 3.05) is 0 Å². The zero-order valence-electron chi connectivity index (χ0n) is 12.3. The largest absolute Gasteiger partial charge is 0.348 e. The fourth-order valence-corrected chi connectivity index (χ4v) is 2.70. The maximum Gasteiger partial charge on any atom is 0.244 e. The first-order valence-electron chi connectivity index (χ1n) is 6.69. The highest BCUT2D eigenvalue weighted by Gasteiger charge is 2.11. The van der Waals surface area contributed by atoms with Crippen molar-refractivity contribution in [1.29, 1.82) is 0 Å². The molecule has 0 spiro atoms. The molecule has 2 nitrogen and oxygen atoms in total. The molecule has 0 atom stereocenters. The average Bonchev–Trinajstić information content (AvgIpc) is 2.84. The highest BCUT2D eigenvalue weighted by molar-refractivity contribution is 7.16. The van der Waals surface area contributed by atoms with Crippen molar-refractivity contribution in [3.63, 3.8) is 0 Å². The van der Waals surface area contributed by atoms with Crippen molar-refractivity contribution in [2.24, 2.45) is 0 Å². The van der Waals surface area contributed by atoms with Gasteiger partial charge < -0.3 is 5.32 Å². The van der Waals surface area contributed by atoms with Crippen molar-refractivity contribution in [3.8, 4) is 10.4 Å². The Morgan fingerprint density at radius 2 is 1.81 bits per heavy atom. The number of thiophene rings is 1. The van der Waals surface area contributed by atoms with Crippen LogP contribution in [-0.2, 0) is 4.79 Å². The van der Waals surface area contributed by atoms with Gasteiger partial charge in [-0.3, -0.25) is 4.79 Å². The van der Waals surface area contributed by atoms with Gasteiger partial charge in [0.1, 0.15) is 5.82 Å². The van der Waals surface area contributed by atoms with Gasteiger partial charge in [-0.05, 0) is 56.7 Å². The van der Waals surface area contributed by atoms with E-state index in [2.05, 4.69) is 5.32 Å². The van der Waals surface area contributed by atoms with Crippen molar-refractivity contribution >= 4 is 23.3 Å². The van der Waals surface area contributed by atoms with Crippen molar-refractivity contribution < 1.29 is 9.18 Å². The minimum atomic E-state index is -0.241. The third-order valence-corrected chi connectivity index (χ3v) is 3.75.